The Morgan fingerprint density at radius 3 is 3.12 bits per heavy atom. The van der Waals surface area contributed by atoms with Crippen molar-refractivity contribution in [2.24, 2.45) is 0 Å². The van der Waals surface area contributed by atoms with E-state index in [1.54, 1.807) is 0 Å². The van der Waals surface area contributed by atoms with Gasteiger partial charge in [0.25, 0.3) is 0 Å². The van der Waals surface area contributed by atoms with Crippen LogP contribution >= 0.6 is 0 Å². The molecule has 7 heteroatoms. The molecule has 3 heterocycles. The van der Waals surface area contributed by atoms with Crippen LogP contribution in [0.1, 0.15) is 11.7 Å². The molecule has 16 heavy (non-hydrogen) atoms. The SMILES string of the molecule is O=c1ncc2c([nH]1)OC1[C@@H](O)[C@@H](CO)O[C@@H]21. The Balaban J connectivity index is 1.99. The van der Waals surface area contributed by atoms with Gasteiger partial charge < -0.3 is 19.7 Å². The van der Waals surface area contributed by atoms with Crippen LogP contribution in [0.4, 0.5) is 0 Å². The topological polar surface area (TPSA) is 105 Å². The first-order chi connectivity index (χ1) is 7.70. The van der Waals surface area contributed by atoms with Gasteiger partial charge in [-0.25, -0.2) is 9.78 Å². The number of nitrogens with zero attached hydrogens (tertiary/aromatic N) is 1. The Hall–Kier alpha value is -1.44. The molecule has 0 aromatic carbocycles. The number of aromatic nitrogens is 2. The summed E-state index contributed by atoms with van der Waals surface area (Å²) < 4.78 is 10.8. The number of rotatable bonds is 1. The van der Waals surface area contributed by atoms with Crippen molar-refractivity contribution >= 4 is 0 Å². The number of aliphatic hydroxyl groups is 2. The number of hydrogen-bond donors (Lipinski definition) is 3. The van der Waals surface area contributed by atoms with Crippen molar-refractivity contribution in [3.8, 4) is 5.88 Å². The molecule has 1 saturated heterocycles. The van der Waals surface area contributed by atoms with Gasteiger partial charge >= 0.3 is 5.69 Å². The maximum atomic E-state index is 11.0. The van der Waals surface area contributed by atoms with Gasteiger partial charge in [-0.2, -0.15) is 0 Å². The summed E-state index contributed by atoms with van der Waals surface area (Å²) in [5.41, 5.74) is 0.0894. The van der Waals surface area contributed by atoms with Crippen molar-refractivity contribution in [1.82, 2.24) is 9.97 Å². The molecule has 0 radical (unpaired) electrons. The summed E-state index contributed by atoms with van der Waals surface area (Å²) in [5, 5.41) is 18.7. The molecule has 0 bridgehead atoms. The molecule has 3 rings (SSSR count). The van der Waals surface area contributed by atoms with Gasteiger partial charge in [-0.3, -0.25) is 4.98 Å². The van der Waals surface area contributed by atoms with E-state index in [-0.39, 0.29) is 12.5 Å². The molecule has 0 amide bonds. The number of nitrogens with one attached hydrogen (secondary N) is 1. The molecule has 1 fully saturated rings. The molecular weight excluding hydrogens is 216 g/mol. The summed E-state index contributed by atoms with van der Waals surface area (Å²) in [6, 6.07) is 0. The maximum Gasteiger partial charge on any atom is 0.347 e. The van der Waals surface area contributed by atoms with Crippen molar-refractivity contribution < 1.29 is 19.7 Å². The molecule has 3 N–H and O–H groups in total. The van der Waals surface area contributed by atoms with Gasteiger partial charge in [0.15, 0.2) is 6.10 Å². The number of H-pyrrole nitrogens is 1. The highest BCUT2D eigenvalue weighted by atomic mass is 16.6. The number of hydrogen-bond acceptors (Lipinski definition) is 6. The summed E-state index contributed by atoms with van der Waals surface area (Å²) in [4.78, 5) is 17.0. The van der Waals surface area contributed by atoms with Crippen LogP contribution in [0.5, 0.6) is 5.88 Å². The highest BCUT2D eigenvalue weighted by molar-refractivity contribution is 5.33. The Morgan fingerprint density at radius 2 is 2.38 bits per heavy atom. The number of fused-ring (bicyclic) bond motifs is 3. The minimum absolute atomic E-state index is 0.274. The van der Waals surface area contributed by atoms with Crippen molar-refractivity contribution in [3.05, 3.63) is 22.2 Å². The fraction of sp³-hybridized carbons (Fsp3) is 0.556. The van der Waals surface area contributed by atoms with E-state index in [0.29, 0.717) is 5.56 Å². The second-order valence-corrected chi connectivity index (χ2v) is 3.82. The van der Waals surface area contributed by atoms with E-state index in [4.69, 9.17) is 14.6 Å². The third kappa shape index (κ3) is 1.19. The highest BCUT2D eigenvalue weighted by Crippen LogP contribution is 2.43. The largest absolute Gasteiger partial charge is 0.469 e. The standard InChI is InChI=1S/C9H10N2O5/c12-2-4-5(13)7-6(15-4)3-1-10-9(14)11-8(3)16-7/h1,4-7,12-13H,2H2,(H,10,11,14)/t4-,5+,6+,7?/m1/s1. The maximum absolute atomic E-state index is 11.0. The second kappa shape index (κ2) is 3.27. The van der Waals surface area contributed by atoms with Crippen LogP contribution in [0.15, 0.2) is 11.0 Å². The van der Waals surface area contributed by atoms with Gasteiger partial charge in [-0.15, -0.1) is 0 Å². The first kappa shape index (κ1) is 9.76. The van der Waals surface area contributed by atoms with Gasteiger partial charge in [-0.05, 0) is 0 Å². The average Bonchev–Trinajstić information content (AvgIpc) is 2.75. The van der Waals surface area contributed by atoms with Crippen LogP contribution in [0.2, 0.25) is 0 Å². The lowest BCUT2D eigenvalue weighted by molar-refractivity contribution is -0.0234. The van der Waals surface area contributed by atoms with Crippen molar-refractivity contribution in [1.29, 1.82) is 0 Å². The van der Waals surface area contributed by atoms with Crippen LogP contribution in [-0.4, -0.2) is 45.1 Å². The minimum atomic E-state index is -0.911. The Kier molecular flexibility index (Phi) is 2.00. The zero-order valence-corrected chi connectivity index (χ0v) is 8.16. The number of aromatic amines is 1. The lowest BCUT2D eigenvalue weighted by atomic mass is 10.1. The zero-order chi connectivity index (χ0) is 11.3. The number of ether oxygens (including phenoxy) is 2. The van der Waals surface area contributed by atoms with E-state index in [2.05, 4.69) is 9.97 Å². The molecule has 2 aliphatic heterocycles. The molecule has 1 aromatic heterocycles. The first-order valence-corrected chi connectivity index (χ1v) is 4.91. The molecule has 1 unspecified atom stereocenters. The van der Waals surface area contributed by atoms with E-state index in [9.17, 15) is 9.90 Å². The summed E-state index contributed by atoms with van der Waals surface area (Å²) >= 11 is 0. The lowest BCUT2D eigenvalue weighted by Gasteiger charge is -2.14. The predicted molar refractivity (Wildman–Crippen MR) is 50.0 cm³/mol. The molecule has 2 aliphatic rings. The normalized spacial score (nSPS) is 35.6. The third-order valence-corrected chi connectivity index (χ3v) is 2.88. The Labute approximate surface area is 89.7 Å². The minimum Gasteiger partial charge on any atom is -0.469 e. The fourth-order valence-electron chi connectivity index (χ4n) is 2.09. The predicted octanol–water partition coefficient (Wildman–Crippen LogP) is -1.68. The van der Waals surface area contributed by atoms with Crippen molar-refractivity contribution in [2.45, 2.75) is 24.4 Å². The van der Waals surface area contributed by atoms with Gasteiger partial charge in [0.1, 0.15) is 18.3 Å². The van der Waals surface area contributed by atoms with E-state index in [1.165, 1.54) is 6.20 Å². The molecule has 7 nitrogen and oxygen atoms in total. The van der Waals surface area contributed by atoms with Crippen LogP contribution in [0.3, 0.4) is 0 Å². The molecule has 0 spiro atoms. The highest BCUT2D eigenvalue weighted by Gasteiger charge is 2.51. The Bertz CT molecular complexity index is 473. The van der Waals surface area contributed by atoms with Crippen LogP contribution in [-0.2, 0) is 4.74 Å². The second-order valence-electron chi connectivity index (χ2n) is 3.82. The Morgan fingerprint density at radius 1 is 1.56 bits per heavy atom. The van der Waals surface area contributed by atoms with Crippen molar-refractivity contribution in [3.63, 3.8) is 0 Å². The van der Waals surface area contributed by atoms with Gasteiger partial charge in [-0.1, -0.05) is 0 Å². The van der Waals surface area contributed by atoms with E-state index >= 15 is 0 Å². The zero-order valence-electron chi connectivity index (χ0n) is 8.16. The van der Waals surface area contributed by atoms with E-state index in [1.807, 2.05) is 0 Å². The fourth-order valence-corrected chi connectivity index (χ4v) is 2.09. The molecule has 4 atom stereocenters. The van der Waals surface area contributed by atoms with Crippen LogP contribution in [0.25, 0.3) is 0 Å². The van der Waals surface area contributed by atoms with E-state index < -0.39 is 30.1 Å². The molecular formula is C9H10N2O5. The summed E-state index contributed by atoms with van der Waals surface area (Å²) in [7, 11) is 0. The van der Waals surface area contributed by atoms with E-state index in [0.717, 1.165) is 0 Å². The van der Waals surface area contributed by atoms with Crippen LogP contribution < -0.4 is 10.4 Å². The van der Waals surface area contributed by atoms with Crippen LogP contribution in [0, 0.1) is 0 Å². The quantitative estimate of drug-likeness (QED) is 0.528. The summed E-state index contributed by atoms with van der Waals surface area (Å²) in [6.07, 6.45) is -1.27. The smallest absolute Gasteiger partial charge is 0.347 e. The third-order valence-electron chi connectivity index (χ3n) is 2.88. The van der Waals surface area contributed by atoms with Crippen molar-refractivity contribution in [2.75, 3.05) is 6.61 Å². The molecule has 1 aromatic rings. The van der Waals surface area contributed by atoms with Gasteiger partial charge in [0.05, 0.1) is 12.2 Å². The van der Waals surface area contributed by atoms with Gasteiger partial charge in [0, 0.05) is 6.20 Å². The average molecular weight is 226 g/mol. The molecule has 0 saturated carbocycles. The monoisotopic (exact) mass is 226 g/mol. The molecule has 86 valence electrons. The number of aliphatic hydroxyl groups excluding tert-OH is 2. The lowest BCUT2D eigenvalue weighted by Crippen LogP contribution is -2.34. The first-order valence-electron chi connectivity index (χ1n) is 4.91. The molecule has 0 aliphatic carbocycles. The van der Waals surface area contributed by atoms with Gasteiger partial charge in [0.2, 0.25) is 5.88 Å². The summed E-state index contributed by atoms with van der Waals surface area (Å²) in [5.74, 6) is 0.283. The summed E-state index contributed by atoms with van der Waals surface area (Å²) in [6.45, 7) is -0.274.